The first-order valence-corrected chi connectivity index (χ1v) is 10.3. The average Bonchev–Trinajstić information content (AvgIpc) is 3.18. The van der Waals surface area contributed by atoms with Gasteiger partial charge < -0.3 is 20.3 Å². The summed E-state index contributed by atoms with van der Waals surface area (Å²) in [6, 6.07) is 26.1. The Morgan fingerprint density at radius 2 is 1.52 bits per heavy atom. The second-order valence-electron chi connectivity index (χ2n) is 7.48. The quantitative estimate of drug-likeness (QED) is 0.642. The van der Waals surface area contributed by atoms with Gasteiger partial charge in [-0.2, -0.15) is 0 Å². The molecule has 0 radical (unpaired) electrons. The summed E-state index contributed by atoms with van der Waals surface area (Å²) in [5.41, 5.74) is 2.78. The highest BCUT2D eigenvalue weighted by molar-refractivity contribution is 5.96. The Bertz CT molecular complexity index is 983. The van der Waals surface area contributed by atoms with E-state index in [0.29, 0.717) is 6.54 Å². The molecule has 1 saturated heterocycles. The van der Waals surface area contributed by atoms with Crippen molar-refractivity contribution >= 4 is 17.6 Å². The van der Waals surface area contributed by atoms with E-state index in [9.17, 15) is 9.59 Å². The summed E-state index contributed by atoms with van der Waals surface area (Å²) in [6.07, 6.45) is 0.265. The van der Waals surface area contributed by atoms with Crippen LogP contribution in [0.15, 0.2) is 84.9 Å². The van der Waals surface area contributed by atoms with E-state index >= 15 is 0 Å². The molecule has 3 aromatic rings. The number of nitrogens with zero attached hydrogens (tertiary/aromatic N) is 1. The van der Waals surface area contributed by atoms with Crippen LogP contribution in [-0.4, -0.2) is 31.6 Å². The van der Waals surface area contributed by atoms with Crippen LogP contribution in [0.25, 0.3) is 0 Å². The molecule has 1 aliphatic heterocycles. The maximum Gasteiger partial charge on any atom is 0.315 e. The van der Waals surface area contributed by atoms with Gasteiger partial charge in [-0.15, -0.1) is 0 Å². The number of carbonyl (C=O) groups excluding carboxylic acids is 2. The van der Waals surface area contributed by atoms with Gasteiger partial charge in [0.15, 0.2) is 0 Å². The number of benzene rings is 3. The maximum atomic E-state index is 12.8. The molecule has 1 heterocycles. The van der Waals surface area contributed by atoms with E-state index in [4.69, 9.17) is 4.74 Å². The topological polar surface area (TPSA) is 70.7 Å². The summed E-state index contributed by atoms with van der Waals surface area (Å²) < 4.78 is 5.17. The van der Waals surface area contributed by atoms with Crippen molar-refractivity contribution in [1.82, 2.24) is 10.6 Å². The second-order valence-corrected chi connectivity index (χ2v) is 7.48. The zero-order chi connectivity index (χ0) is 21.6. The van der Waals surface area contributed by atoms with Gasteiger partial charge in [0.1, 0.15) is 5.75 Å². The molecule has 0 spiro atoms. The van der Waals surface area contributed by atoms with E-state index in [1.807, 2.05) is 84.9 Å². The molecule has 6 heteroatoms. The molecule has 1 fully saturated rings. The van der Waals surface area contributed by atoms with E-state index in [1.165, 1.54) is 0 Å². The zero-order valence-electron chi connectivity index (χ0n) is 17.3. The smallest absolute Gasteiger partial charge is 0.315 e. The molecule has 0 aliphatic carbocycles. The van der Waals surface area contributed by atoms with Gasteiger partial charge in [0.05, 0.1) is 19.2 Å². The van der Waals surface area contributed by atoms with E-state index in [2.05, 4.69) is 10.6 Å². The minimum atomic E-state index is -0.299. The summed E-state index contributed by atoms with van der Waals surface area (Å²) in [5, 5.41) is 6.03. The van der Waals surface area contributed by atoms with Gasteiger partial charge in [-0.1, -0.05) is 60.7 Å². The van der Waals surface area contributed by atoms with Crippen LogP contribution in [0.2, 0.25) is 0 Å². The maximum absolute atomic E-state index is 12.8. The van der Waals surface area contributed by atoms with Crippen LogP contribution in [-0.2, 0) is 4.79 Å². The summed E-state index contributed by atoms with van der Waals surface area (Å²) in [6.45, 7) is 0.430. The van der Waals surface area contributed by atoms with Crippen LogP contribution in [0.5, 0.6) is 5.75 Å². The molecule has 4 rings (SSSR count). The standard InChI is InChI=1S/C25H25N3O3/c1-31-22-14-12-21(13-15-22)28-17-20(16-23(28)29)26-25(30)27-24(18-8-4-2-5-9-18)19-10-6-3-7-11-19/h2-15,20,24H,16-17H2,1H3,(H2,26,27,30)/t20-/m1/s1. The van der Waals surface area contributed by atoms with Crippen LogP contribution in [0.4, 0.5) is 10.5 Å². The lowest BCUT2D eigenvalue weighted by Gasteiger charge is -2.22. The van der Waals surface area contributed by atoms with Crippen LogP contribution in [0.1, 0.15) is 23.6 Å². The lowest BCUT2D eigenvalue weighted by Crippen LogP contribution is -2.44. The molecule has 3 amide bonds. The van der Waals surface area contributed by atoms with Crippen molar-refractivity contribution < 1.29 is 14.3 Å². The predicted molar refractivity (Wildman–Crippen MR) is 120 cm³/mol. The molecule has 1 atom stereocenters. The Morgan fingerprint density at radius 1 is 0.935 bits per heavy atom. The van der Waals surface area contributed by atoms with Crippen molar-refractivity contribution in [2.24, 2.45) is 0 Å². The highest BCUT2D eigenvalue weighted by Crippen LogP contribution is 2.25. The summed E-state index contributed by atoms with van der Waals surface area (Å²) in [4.78, 5) is 27.0. The Kier molecular flexibility index (Phi) is 6.17. The molecular weight excluding hydrogens is 390 g/mol. The molecule has 31 heavy (non-hydrogen) atoms. The fraction of sp³-hybridized carbons (Fsp3) is 0.200. The lowest BCUT2D eigenvalue weighted by molar-refractivity contribution is -0.117. The number of anilines is 1. The normalized spacial score (nSPS) is 15.7. The molecular formula is C25H25N3O3. The van der Waals surface area contributed by atoms with Crippen LogP contribution in [0, 0.1) is 0 Å². The van der Waals surface area contributed by atoms with Crippen molar-refractivity contribution in [2.45, 2.75) is 18.5 Å². The second kappa shape index (κ2) is 9.34. The van der Waals surface area contributed by atoms with Gasteiger partial charge >= 0.3 is 6.03 Å². The van der Waals surface area contributed by atoms with Crippen molar-refractivity contribution in [1.29, 1.82) is 0 Å². The van der Waals surface area contributed by atoms with Gasteiger partial charge in [0.25, 0.3) is 0 Å². The number of amides is 3. The minimum absolute atomic E-state index is 0.0156. The van der Waals surface area contributed by atoms with Crippen molar-refractivity contribution in [3.8, 4) is 5.75 Å². The average molecular weight is 415 g/mol. The minimum Gasteiger partial charge on any atom is -0.497 e. The van der Waals surface area contributed by atoms with Crippen LogP contribution >= 0.6 is 0 Å². The number of hydrogen-bond acceptors (Lipinski definition) is 3. The number of nitrogens with one attached hydrogen (secondary N) is 2. The first kappa shape index (κ1) is 20.5. The monoisotopic (exact) mass is 415 g/mol. The molecule has 0 unspecified atom stereocenters. The first-order chi connectivity index (χ1) is 15.1. The number of ether oxygens (including phenoxy) is 1. The SMILES string of the molecule is COc1ccc(N2C[C@H](NC(=O)NC(c3ccccc3)c3ccccc3)CC2=O)cc1. The third-order valence-electron chi connectivity index (χ3n) is 5.39. The molecule has 0 aromatic heterocycles. The number of carbonyl (C=O) groups is 2. The molecule has 0 bridgehead atoms. The fourth-order valence-electron chi connectivity index (χ4n) is 3.82. The van der Waals surface area contributed by atoms with Crippen molar-refractivity contribution in [2.75, 3.05) is 18.6 Å². The molecule has 3 aromatic carbocycles. The van der Waals surface area contributed by atoms with Crippen molar-refractivity contribution in [3.63, 3.8) is 0 Å². The van der Waals surface area contributed by atoms with Crippen LogP contribution < -0.4 is 20.3 Å². The van der Waals surface area contributed by atoms with Gasteiger partial charge in [-0.25, -0.2) is 4.79 Å². The zero-order valence-corrected chi connectivity index (χ0v) is 17.3. The Balaban J connectivity index is 1.43. The Labute approximate surface area is 181 Å². The third-order valence-corrected chi connectivity index (χ3v) is 5.39. The molecule has 2 N–H and O–H groups in total. The number of rotatable bonds is 6. The van der Waals surface area contributed by atoms with Crippen molar-refractivity contribution in [3.05, 3.63) is 96.1 Å². The highest BCUT2D eigenvalue weighted by Gasteiger charge is 2.32. The highest BCUT2D eigenvalue weighted by atomic mass is 16.5. The van der Waals surface area contributed by atoms with Gasteiger partial charge in [0, 0.05) is 18.7 Å². The van der Waals surface area contributed by atoms with Gasteiger partial charge in [-0.3, -0.25) is 4.79 Å². The first-order valence-electron chi connectivity index (χ1n) is 10.3. The van der Waals surface area contributed by atoms with Gasteiger partial charge in [-0.05, 0) is 35.4 Å². The number of methoxy groups -OCH3 is 1. The summed E-state index contributed by atoms with van der Waals surface area (Å²) in [5.74, 6) is 0.718. The third kappa shape index (κ3) is 4.86. The molecule has 6 nitrogen and oxygen atoms in total. The van der Waals surface area contributed by atoms with E-state index in [1.54, 1.807) is 12.0 Å². The van der Waals surface area contributed by atoms with Crippen LogP contribution in [0.3, 0.4) is 0 Å². The number of hydrogen-bond donors (Lipinski definition) is 2. The van der Waals surface area contributed by atoms with E-state index in [-0.39, 0.29) is 30.4 Å². The Morgan fingerprint density at radius 3 is 2.06 bits per heavy atom. The lowest BCUT2D eigenvalue weighted by atomic mass is 9.99. The summed E-state index contributed by atoms with van der Waals surface area (Å²) in [7, 11) is 1.60. The molecule has 1 aliphatic rings. The largest absolute Gasteiger partial charge is 0.497 e. The van der Waals surface area contributed by atoms with E-state index in [0.717, 1.165) is 22.6 Å². The molecule has 158 valence electrons. The summed E-state index contributed by atoms with van der Waals surface area (Å²) >= 11 is 0. The fourth-order valence-corrected chi connectivity index (χ4v) is 3.82. The predicted octanol–water partition coefficient (Wildman–Crippen LogP) is 3.89. The number of urea groups is 1. The van der Waals surface area contributed by atoms with Gasteiger partial charge in [0.2, 0.25) is 5.91 Å². The molecule has 0 saturated carbocycles. The van der Waals surface area contributed by atoms with E-state index < -0.39 is 0 Å². The Hall–Kier alpha value is -3.80.